The summed E-state index contributed by atoms with van der Waals surface area (Å²) in [4.78, 5) is 26.2. The summed E-state index contributed by atoms with van der Waals surface area (Å²) in [6.07, 6.45) is 8.48. The summed E-state index contributed by atoms with van der Waals surface area (Å²) in [6.45, 7) is 13.3. The van der Waals surface area contributed by atoms with E-state index in [2.05, 4.69) is 78.0 Å². The minimum absolute atomic E-state index is 0. The van der Waals surface area contributed by atoms with Crippen molar-refractivity contribution in [1.82, 2.24) is 0 Å². The van der Waals surface area contributed by atoms with E-state index in [0.717, 1.165) is 48.0 Å². The Hall–Kier alpha value is 1.31. The predicted octanol–water partition coefficient (Wildman–Crippen LogP) is 5.74. The Balaban J connectivity index is 0.00000144. The van der Waals surface area contributed by atoms with Gasteiger partial charge in [0.05, 0.1) is 0 Å². The van der Waals surface area contributed by atoms with Crippen molar-refractivity contribution in [3.63, 3.8) is 0 Å². The molecule has 32 heavy (non-hydrogen) atoms. The SMILES string of the molecule is CC12CCC(C(=Cc3ccc(C=C4C(=O)C5(C)CCC4C5(C)C)cc3)C1=O)C2(C)C.[K].[K]. The minimum Gasteiger partial charge on any atom is -0.294 e. The number of Topliss-reactive ketones (excluding diaryl/α,β-unsaturated/α-hetero) is 2. The van der Waals surface area contributed by atoms with E-state index in [-0.39, 0.29) is 124 Å². The van der Waals surface area contributed by atoms with Crippen molar-refractivity contribution in [3.05, 3.63) is 46.5 Å². The summed E-state index contributed by atoms with van der Waals surface area (Å²) in [7, 11) is 0. The molecule has 2 nitrogen and oxygen atoms in total. The van der Waals surface area contributed by atoms with E-state index in [4.69, 9.17) is 0 Å². The molecule has 0 aliphatic heterocycles. The standard InChI is InChI=1S/C28H34O2.2K/c1-25(2)21-11-13-27(25,5)23(29)19(21)15-17-7-9-18(10-8-17)16-20-22-12-14-28(6,24(20)30)26(22,3)4;;/h7-10,15-16,21-22H,11-14H2,1-6H3;;. The number of hydrogen-bond donors (Lipinski definition) is 0. The van der Waals surface area contributed by atoms with Gasteiger partial charge in [-0.05, 0) is 82.8 Å². The molecule has 4 saturated carbocycles. The quantitative estimate of drug-likeness (QED) is 0.399. The third-order valence-corrected chi connectivity index (χ3v) is 10.3. The van der Waals surface area contributed by atoms with Gasteiger partial charge < -0.3 is 0 Å². The van der Waals surface area contributed by atoms with Gasteiger partial charge in [0.2, 0.25) is 0 Å². The molecule has 5 rings (SSSR count). The zero-order chi connectivity index (χ0) is 21.7. The average Bonchev–Trinajstić information content (AvgIpc) is 3.17. The second-order valence-electron chi connectivity index (χ2n) is 11.8. The first-order chi connectivity index (χ1) is 13.9. The topological polar surface area (TPSA) is 34.1 Å². The maximum atomic E-state index is 13.1. The second-order valence-corrected chi connectivity index (χ2v) is 11.8. The van der Waals surface area contributed by atoms with Crippen molar-refractivity contribution in [2.24, 2.45) is 33.5 Å². The van der Waals surface area contributed by atoms with Crippen LogP contribution in [0.4, 0.5) is 0 Å². The summed E-state index contributed by atoms with van der Waals surface area (Å²) < 4.78 is 0. The van der Waals surface area contributed by atoms with Crippen LogP contribution >= 0.6 is 0 Å². The van der Waals surface area contributed by atoms with Crippen LogP contribution < -0.4 is 0 Å². The Kier molecular flexibility index (Phi) is 7.85. The van der Waals surface area contributed by atoms with Crippen molar-refractivity contribution in [2.45, 2.75) is 67.2 Å². The number of carbonyl (C=O) groups excluding carboxylic acids is 2. The van der Waals surface area contributed by atoms with E-state index in [1.165, 1.54) is 0 Å². The normalized spacial score (nSPS) is 38.3. The van der Waals surface area contributed by atoms with Crippen molar-refractivity contribution < 1.29 is 9.59 Å². The van der Waals surface area contributed by atoms with E-state index in [1.807, 2.05) is 0 Å². The van der Waals surface area contributed by atoms with Gasteiger partial charge in [0.25, 0.3) is 0 Å². The summed E-state index contributed by atoms with van der Waals surface area (Å²) in [5.41, 5.74) is 3.86. The molecular formula is C28H34K2O2. The number of allylic oxidation sites excluding steroid dienone is 2. The van der Waals surface area contributed by atoms with Gasteiger partial charge in [-0.15, -0.1) is 0 Å². The molecule has 1 aromatic carbocycles. The van der Waals surface area contributed by atoms with Crippen LogP contribution in [-0.4, -0.2) is 114 Å². The largest absolute Gasteiger partial charge is 0.294 e. The number of carbonyl (C=O) groups is 2. The van der Waals surface area contributed by atoms with Gasteiger partial charge in [-0.25, -0.2) is 0 Å². The fourth-order valence-electron chi connectivity index (χ4n) is 7.24. The van der Waals surface area contributed by atoms with Gasteiger partial charge in [-0.3, -0.25) is 9.59 Å². The molecule has 1 aromatic rings. The molecule has 4 atom stereocenters. The third kappa shape index (κ3) is 3.61. The van der Waals surface area contributed by atoms with Crippen LogP contribution in [0.3, 0.4) is 0 Å². The first-order valence-corrected chi connectivity index (χ1v) is 11.6. The van der Waals surface area contributed by atoms with Gasteiger partial charge in [0.1, 0.15) is 0 Å². The van der Waals surface area contributed by atoms with Crippen LogP contribution in [0.1, 0.15) is 78.4 Å². The second kappa shape index (κ2) is 9.01. The molecule has 0 aromatic heterocycles. The number of ketones is 2. The molecule has 160 valence electrons. The Morgan fingerprint density at radius 2 is 0.969 bits per heavy atom. The molecule has 0 saturated heterocycles. The number of rotatable bonds is 2. The predicted molar refractivity (Wildman–Crippen MR) is 133 cm³/mol. The van der Waals surface area contributed by atoms with E-state index >= 15 is 0 Å². The Labute approximate surface area is 278 Å². The Morgan fingerprint density at radius 1 is 0.656 bits per heavy atom. The zero-order valence-corrected chi connectivity index (χ0v) is 27.5. The molecule has 2 radical (unpaired) electrons. The van der Waals surface area contributed by atoms with Gasteiger partial charge in [-0.1, -0.05) is 65.8 Å². The molecule has 0 amide bonds. The summed E-state index contributed by atoms with van der Waals surface area (Å²) in [6, 6.07) is 8.38. The van der Waals surface area contributed by atoms with Crippen LogP contribution in [0.2, 0.25) is 0 Å². The molecule has 4 heteroatoms. The van der Waals surface area contributed by atoms with Crippen LogP contribution in [0.5, 0.6) is 0 Å². The van der Waals surface area contributed by atoms with E-state index < -0.39 is 0 Å². The smallest absolute Gasteiger partial charge is 0.165 e. The monoisotopic (exact) mass is 480 g/mol. The van der Waals surface area contributed by atoms with Crippen LogP contribution in [-0.2, 0) is 9.59 Å². The first-order valence-electron chi connectivity index (χ1n) is 11.6. The average molecular weight is 481 g/mol. The van der Waals surface area contributed by atoms with Crippen molar-refractivity contribution in [3.8, 4) is 0 Å². The summed E-state index contributed by atoms with van der Waals surface area (Å²) in [5, 5.41) is 0. The molecule has 0 heterocycles. The summed E-state index contributed by atoms with van der Waals surface area (Å²) in [5.74, 6) is 1.42. The molecule has 4 bridgehead atoms. The van der Waals surface area contributed by atoms with Crippen molar-refractivity contribution in [2.75, 3.05) is 0 Å². The number of benzene rings is 1. The van der Waals surface area contributed by atoms with Gasteiger partial charge in [0, 0.05) is 114 Å². The fraction of sp³-hybridized carbons (Fsp3) is 0.571. The summed E-state index contributed by atoms with van der Waals surface area (Å²) >= 11 is 0. The maximum absolute atomic E-state index is 13.1. The fourth-order valence-corrected chi connectivity index (χ4v) is 7.24. The van der Waals surface area contributed by atoms with Gasteiger partial charge >= 0.3 is 0 Å². The van der Waals surface area contributed by atoms with Crippen LogP contribution in [0, 0.1) is 33.5 Å². The Morgan fingerprint density at radius 3 is 1.22 bits per heavy atom. The van der Waals surface area contributed by atoms with Crippen LogP contribution in [0.25, 0.3) is 12.2 Å². The molecule has 4 fully saturated rings. The maximum Gasteiger partial charge on any atom is 0.165 e. The molecule has 0 spiro atoms. The molecular weight excluding hydrogens is 447 g/mol. The molecule has 4 unspecified atom stereocenters. The minimum atomic E-state index is -0.209. The van der Waals surface area contributed by atoms with E-state index in [0.29, 0.717) is 23.4 Å². The van der Waals surface area contributed by atoms with Gasteiger partial charge in [-0.2, -0.15) is 0 Å². The van der Waals surface area contributed by atoms with Crippen molar-refractivity contribution in [1.29, 1.82) is 0 Å². The molecule has 4 aliphatic carbocycles. The number of fused-ring (bicyclic) bond motifs is 4. The van der Waals surface area contributed by atoms with E-state index in [9.17, 15) is 9.59 Å². The molecule has 0 N–H and O–H groups in total. The zero-order valence-electron chi connectivity index (χ0n) is 21.3. The van der Waals surface area contributed by atoms with E-state index in [1.54, 1.807) is 0 Å². The van der Waals surface area contributed by atoms with Gasteiger partial charge in [0.15, 0.2) is 11.6 Å². The Bertz CT molecular complexity index is 947. The number of hydrogen-bond acceptors (Lipinski definition) is 2. The van der Waals surface area contributed by atoms with Crippen molar-refractivity contribution >= 4 is 126 Å². The van der Waals surface area contributed by atoms with Crippen LogP contribution in [0.15, 0.2) is 35.4 Å². The first kappa shape index (κ1) is 27.9. The third-order valence-electron chi connectivity index (χ3n) is 10.3. The molecule has 4 aliphatic rings.